The van der Waals surface area contributed by atoms with Gasteiger partial charge in [-0.3, -0.25) is 0 Å². The number of rotatable bonds is 4. The first-order valence-electron chi connectivity index (χ1n) is 7.27. The molecule has 0 saturated carbocycles. The third kappa shape index (κ3) is 3.21. The van der Waals surface area contributed by atoms with Crippen molar-refractivity contribution in [3.8, 4) is 11.5 Å². The number of nitrogens with two attached hydrogens (primary N) is 1. The number of hydrogen-bond acceptors (Lipinski definition) is 3. The van der Waals surface area contributed by atoms with E-state index in [1.807, 2.05) is 0 Å². The van der Waals surface area contributed by atoms with Crippen LogP contribution in [0.3, 0.4) is 0 Å². The maximum Gasteiger partial charge on any atom is 0.161 e. The molecule has 0 fully saturated rings. The third-order valence-electron chi connectivity index (χ3n) is 3.71. The lowest BCUT2D eigenvalue weighted by atomic mass is 9.87. The van der Waals surface area contributed by atoms with Crippen molar-refractivity contribution < 1.29 is 9.47 Å². The Hall–Kier alpha value is -1.22. The van der Waals surface area contributed by atoms with E-state index in [1.165, 1.54) is 11.1 Å². The Morgan fingerprint density at radius 2 is 1.63 bits per heavy atom. The Labute approximate surface area is 116 Å². The summed E-state index contributed by atoms with van der Waals surface area (Å²) in [5, 5.41) is 0. The van der Waals surface area contributed by atoms with Crippen molar-refractivity contribution in [2.24, 2.45) is 5.73 Å². The predicted molar refractivity (Wildman–Crippen MR) is 78.2 cm³/mol. The fraction of sp³-hybridized carbons (Fsp3) is 0.625. The highest BCUT2D eigenvalue weighted by Crippen LogP contribution is 2.39. The van der Waals surface area contributed by atoms with Gasteiger partial charge in [0.25, 0.3) is 0 Å². The summed E-state index contributed by atoms with van der Waals surface area (Å²) in [6.45, 7) is 8.86. The summed E-state index contributed by atoms with van der Waals surface area (Å²) in [7, 11) is 0. The minimum absolute atomic E-state index is 0.458. The molecule has 0 aromatic heterocycles. The van der Waals surface area contributed by atoms with Gasteiger partial charge in [-0.2, -0.15) is 0 Å². The summed E-state index contributed by atoms with van der Waals surface area (Å²) in [6.07, 6.45) is 1.94. The topological polar surface area (TPSA) is 44.5 Å². The van der Waals surface area contributed by atoms with E-state index in [-0.39, 0.29) is 0 Å². The number of ether oxygens (including phenoxy) is 2. The molecule has 0 bridgehead atoms. The van der Waals surface area contributed by atoms with Crippen LogP contribution < -0.4 is 15.2 Å². The fourth-order valence-corrected chi connectivity index (χ4v) is 2.57. The van der Waals surface area contributed by atoms with Crippen LogP contribution in [0.5, 0.6) is 11.5 Å². The van der Waals surface area contributed by atoms with Gasteiger partial charge in [-0.25, -0.2) is 0 Å². The molecule has 1 heterocycles. The van der Waals surface area contributed by atoms with Crippen molar-refractivity contribution >= 4 is 0 Å². The van der Waals surface area contributed by atoms with Crippen LogP contribution in [0.25, 0.3) is 0 Å². The molecule has 19 heavy (non-hydrogen) atoms. The van der Waals surface area contributed by atoms with Crippen LogP contribution in [0.2, 0.25) is 0 Å². The molecule has 0 aliphatic carbocycles. The van der Waals surface area contributed by atoms with Gasteiger partial charge < -0.3 is 15.2 Å². The Balaban J connectivity index is 2.42. The normalized spacial score (nSPS) is 16.3. The van der Waals surface area contributed by atoms with E-state index in [4.69, 9.17) is 15.2 Å². The van der Waals surface area contributed by atoms with Crippen LogP contribution >= 0.6 is 0 Å². The highest BCUT2D eigenvalue weighted by atomic mass is 16.5. The lowest BCUT2D eigenvalue weighted by Gasteiger charge is -2.21. The third-order valence-corrected chi connectivity index (χ3v) is 3.71. The van der Waals surface area contributed by atoms with Crippen LogP contribution in [0.15, 0.2) is 12.1 Å². The quantitative estimate of drug-likeness (QED) is 0.905. The van der Waals surface area contributed by atoms with Crippen molar-refractivity contribution in [1.82, 2.24) is 0 Å². The standard InChI is InChI=1S/C16H25NO2/c1-11(2)13-9-15-16(19-8-4-7-18-15)10-14(13)12(3)5-6-17/h9-12H,4-8,17H2,1-3H3. The second-order valence-corrected chi connectivity index (χ2v) is 5.61. The van der Waals surface area contributed by atoms with Gasteiger partial charge in [0.15, 0.2) is 11.5 Å². The molecule has 3 heteroatoms. The van der Waals surface area contributed by atoms with E-state index in [2.05, 4.69) is 32.9 Å². The zero-order valence-corrected chi connectivity index (χ0v) is 12.2. The monoisotopic (exact) mass is 263 g/mol. The molecule has 1 unspecified atom stereocenters. The fourth-order valence-electron chi connectivity index (χ4n) is 2.57. The molecule has 2 N–H and O–H groups in total. The highest BCUT2D eigenvalue weighted by molar-refractivity contribution is 5.50. The van der Waals surface area contributed by atoms with Gasteiger partial charge in [0, 0.05) is 6.42 Å². The van der Waals surface area contributed by atoms with Crippen molar-refractivity contribution in [1.29, 1.82) is 0 Å². The second kappa shape index (κ2) is 6.29. The van der Waals surface area contributed by atoms with Crippen LogP contribution in [-0.2, 0) is 0 Å². The van der Waals surface area contributed by atoms with E-state index in [0.29, 0.717) is 18.4 Å². The molecule has 0 radical (unpaired) electrons. The zero-order valence-electron chi connectivity index (χ0n) is 12.2. The minimum atomic E-state index is 0.458. The first kappa shape index (κ1) is 14.2. The van der Waals surface area contributed by atoms with E-state index < -0.39 is 0 Å². The van der Waals surface area contributed by atoms with Crippen molar-refractivity contribution in [3.05, 3.63) is 23.3 Å². The maximum atomic E-state index is 5.80. The van der Waals surface area contributed by atoms with Crippen LogP contribution in [0.1, 0.15) is 56.6 Å². The molecular formula is C16H25NO2. The Bertz CT molecular complexity index is 429. The maximum absolute atomic E-state index is 5.80. The average molecular weight is 263 g/mol. The lowest BCUT2D eigenvalue weighted by molar-refractivity contribution is 0.297. The predicted octanol–water partition coefficient (Wildman–Crippen LogP) is 3.42. The zero-order chi connectivity index (χ0) is 13.8. The largest absolute Gasteiger partial charge is 0.490 e. The average Bonchev–Trinajstić information content (AvgIpc) is 2.61. The second-order valence-electron chi connectivity index (χ2n) is 5.61. The summed E-state index contributed by atoms with van der Waals surface area (Å²) in [6, 6.07) is 4.32. The summed E-state index contributed by atoms with van der Waals surface area (Å²) >= 11 is 0. The van der Waals surface area contributed by atoms with Gasteiger partial charge in [0.1, 0.15) is 0 Å². The van der Waals surface area contributed by atoms with Crippen LogP contribution in [0.4, 0.5) is 0 Å². The first-order valence-corrected chi connectivity index (χ1v) is 7.27. The lowest BCUT2D eigenvalue weighted by Crippen LogP contribution is -2.08. The molecule has 1 aliphatic rings. The van der Waals surface area contributed by atoms with Crippen molar-refractivity contribution in [2.75, 3.05) is 19.8 Å². The highest BCUT2D eigenvalue weighted by Gasteiger charge is 2.19. The van der Waals surface area contributed by atoms with E-state index in [1.54, 1.807) is 0 Å². The number of benzene rings is 1. The molecule has 1 aliphatic heterocycles. The summed E-state index contributed by atoms with van der Waals surface area (Å²) < 4.78 is 11.6. The smallest absolute Gasteiger partial charge is 0.161 e. The SMILES string of the molecule is CC(C)c1cc2c(cc1C(C)CCN)OCCCO2. The van der Waals surface area contributed by atoms with Crippen LogP contribution in [-0.4, -0.2) is 19.8 Å². The molecule has 2 rings (SSSR count). The molecule has 0 amide bonds. The van der Waals surface area contributed by atoms with Crippen molar-refractivity contribution in [3.63, 3.8) is 0 Å². The Morgan fingerprint density at radius 3 is 2.16 bits per heavy atom. The van der Waals surface area contributed by atoms with Gasteiger partial charge in [-0.05, 0) is 48.1 Å². The Morgan fingerprint density at radius 1 is 1.05 bits per heavy atom. The molecule has 106 valence electrons. The van der Waals surface area contributed by atoms with Crippen molar-refractivity contribution in [2.45, 2.75) is 45.4 Å². The molecule has 0 spiro atoms. The summed E-state index contributed by atoms with van der Waals surface area (Å²) in [5.41, 5.74) is 8.40. The molecule has 0 saturated heterocycles. The molecule has 1 atom stereocenters. The number of fused-ring (bicyclic) bond motifs is 1. The van der Waals surface area contributed by atoms with Gasteiger partial charge >= 0.3 is 0 Å². The molecule has 1 aromatic rings. The molecular weight excluding hydrogens is 238 g/mol. The van der Waals surface area contributed by atoms with Gasteiger partial charge in [-0.15, -0.1) is 0 Å². The molecule has 3 nitrogen and oxygen atoms in total. The van der Waals surface area contributed by atoms with E-state index in [9.17, 15) is 0 Å². The minimum Gasteiger partial charge on any atom is -0.490 e. The van der Waals surface area contributed by atoms with E-state index >= 15 is 0 Å². The Kier molecular flexibility index (Phi) is 4.70. The van der Waals surface area contributed by atoms with Gasteiger partial charge in [-0.1, -0.05) is 20.8 Å². The molecule has 1 aromatic carbocycles. The summed E-state index contributed by atoms with van der Waals surface area (Å²) in [4.78, 5) is 0. The van der Waals surface area contributed by atoms with Gasteiger partial charge in [0.05, 0.1) is 13.2 Å². The number of hydrogen-bond donors (Lipinski definition) is 1. The summed E-state index contributed by atoms with van der Waals surface area (Å²) in [5.74, 6) is 2.72. The van der Waals surface area contributed by atoms with E-state index in [0.717, 1.165) is 37.6 Å². The van der Waals surface area contributed by atoms with Gasteiger partial charge in [0.2, 0.25) is 0 Å². The van der Waals surface area contributed by atoms with Crippen LogP contribution in [0, 0.1) is 0 Å². The first-order chi connectivity index (χ1) is 9.13.